The van der Waals surface area contributed by atoms with Crippen molar-refractivity contribution < 1.29 is 9.47 Å². The molecule has 7 aliphatic rings. The third-order valence-corrected chi connectivity index (χ3v) is 19.8. The van der Waals surface area contributed by atoms with Gasteiger partial charge in [0.05, 0.1) is 27.6 Å². The maximum atomic E-state index is 6.97. The van der Waals surface area contributed by atoms with Crippen LogP contribution in [0.1, 0.15) is 61.2 Å². The number of ether oxygens (including phenoxy) is 2. The van der Waals surface area contributed by atoms with Gasteiger partial charge in [-0.05, 0) is 127 Å². The van der Waals surface area contributed by atoms with Crippen molar-refractivity contribution in [3.05, 3.63) is 334 Å². The van der Waals surface area contributed by atoms with E-state index in [1.807, 2.05) is 11.8 Å². The normalized spacial score (nSPS) is 19.2. The van der Waals surface area contributed by atoms with Crippen molar-refractivity contribution >= 4 is 28.8 Å². The van der Waals surface area contributed by atoms with Crippen molar-refractivity contribution in [1.29, 1.82) is 0 Å². The van der Waals surface area contributed by atoms with Crippen LogP contribution < -0.4 is 14.4 Å². The van der Waals surface area contributed by atoms with E-state index in [1.54, 1.807) is 0 Å². The van der Waals surface area contributed by atoms with Gasteiger partial charge in [0, 0.05) is 49.2 Å². The molecule has 3 spiro atoms. The summed E-state index contributed by atoms with van der Waals surface area (Å²) < 4.78 is 13.8. The van der Waals surface area contributed by atoms with Crippen LogP contribution in [0.3, 0.4) is 0 Å². The first-order chi connectivity index (χ1) is 39.2. The molecule has 4 heteroatoms. The Morgan fingerprint density at radius 2 is 0.810 bits per heavy atom. The van der Waals surface area contributed by atoms with Gasteiger partial charge >= 0.3 is 0 Å². The van der Waals surface area contributed by atoms with Crippen LogP contribution in [-0.4, -0.2) is 6.10 Å². The molecule has 4 aliphatic carbocycles. The highest BCUT2D eigenvalue weighted by atomic mass is 32.2. The van der Waals surface area contributed by atoms with Gasteiger partial charge in [0.15, 0.2) is 0 Å². The molecular formula is C75H47NO2S. The Hall–Kier alpha value is -9.35. The molecule has 3 heterocycles. The Morgan fingerprint density at radius 3 is 1.49 bits per heavy atom. The maximum Gasteiger partial charge on any atom is 0.132 e. The molecule has 3 unspecified atom stereocenters. The molecule has 0 amide bonds. The minimum Gasteiger partial charge on any atom is -0.485 e. The van der Waals surface area contributed by atoms with Crippen LogP contribution in [0, 0.1) is 5.92 Å². The lowest BCUT2D eigenvalue weighted by atomic mass is 9.60. The maximum absolute atomic E-state index is 6.97. The molecule has 0 fully saturated rings. The topological polar surface area (TPSA) is 21.7 Å². The van der Waals surface area contributed by atoms with Gasteiger partial charge in [0.2, 0.25) is 0 Å². The number of hydrogen-bond acceptors (Lipinski definition) is 4. The molecule has 0 bridgehead atoms. The van der Waals surface area contributed by atoms with Crippen molar-refractivity contribution in [2.45, 2.75) is 32.1 Å². The molecule has 11 aromatic rings. The number of anilines is 3. The number of nitrogens with zero attached hydrogens (tertiary/aromatic N) is 1. The molecule has 370 valence electrons. The smallest absolute Gasteiger partial charge is 0.132 e. The van der Waals surface area contributed by atoms with Gasteiger partial charge in [-0.3, -0.25) is 0 Å². The zero-order valence-electron chi connectivity index (χ0n) is 42.8. The quantitative estimate of drug-likeness (QED) is 0.176. The Labute approximate surface area is 463 Å². The van der Waals surface area contributed by atoms with Crippen molar-refractivity contribution in [3.8, 4) is 50.6 Å². The summed E-state index contributed by atoms with van der Waals surface area (Å²) in [5, 5.41) is 0. The van der Waals surface area contributed by atoms with Crippen LogP contribution in [0.4, 0.5) is 17.1 Å². The first-order valence-electron chi connectivity index (χ1n) is 27.6. The summed E-state index contributed by atoms with van der Waals surface area (Å²) in [5.74, 6) is 2.69. The van der Waals surface area contributed by atoms with E-state index in [0.717, 1.165) is 45.4 Å². The molecule has 0 saturated carbocycles. The van der Waals surface area contributed by atoms with Gasteiger partial charge in [-0.1, -0.05) is 224 Å². The van der Waals surface area contributed by atoms with Gasteiger partial charge in [-0.2, -0.15) is 0 Å². The second-order valence-electron chi connectivity index (χ2n) is 22.0. The molecule has 79 heavy (non-hydrogen) atoms. The Bertz CT molecular complexity index is 4450. The van der Waals surface area contributed by atoms with E-state index >= 15 is 0 Å². The number of rotatable bonds is 3. The zero-order chi connectivity index (χ0) is 51.6. The standard InChI is InChI=1S/C75H47NO2S/c1-4-24-51-47(21-1)48-44-43-46(45-62(48)74(51)56-29-9-15-39-67(56)78-68-40-16-10-30-57(68)74)76(63-35-19-33-60-71(63)49-22-2-5-25-52(49)73(60)54-27-7-13-37-65(54)77-66-38-14-8-28-55(66)73)64-36-20-34-61-72(64)50-23-3-6-26-53(50)75(61)58-31-11-17-41-69(58)79-70-42-18-12-32-59(70)75/h1-45,54,65H. The fraction of sp³-hybridized carbons (Fsp3) is 0.0667. The molecule has 11 aromatic carbocycles. The van der Waals surface area contributed by atoms with Crippen LogP contribution >= 0.6 is 11.8 Å². The van der Waals surface area contributed by atoms with E-state index in [1.165, 1.54) is 93.2 Å². The van der Waals surface area contributed by atoms with Crippen molar-refractivity contribution in [3.63, 3.8) is 0 Å². The average Bonchev–Trinajstić information content (AvgIpc) is 3.79. The summed E-state index contributed by atoms with van der Waals surface area (Å²) in [5.41, 5.74) is 22.8. The molecule has 3 nitrogen and oxygen atoms in total. The lowest BCUT2D eigenvalue weighted by Crippen LogP contribution is -2.47. The van der Waals surface area contributed by atoms with E-state index in [4.69, 9.17) is 9.47 Å². The molecule has 0 N–H and O–H groups in total. The highest BCUT2D eigenvalue weighted by molar-refractivity contribution is 7.99. The first-order valence-corrected chi connectivity index (χ1v) is 28.4. The number of allylic oxidation sites excluding steroid dienone is 2. The van der Waals surface area contributed by atoms with Gasteiger partial charge in [-0.25, -0.2) is 0 Å². The Morgan fingerprint density at radius 1 is 0.342 bits per heavy atom. The van der Waals surface area contributed by atoms with Crippen LogP contribution in [-0.2, 0) is 16.2 Å². The van der Waals surface area contributed by atoms with E-state index in [0.29, 0.717) is 0 Å². The average molecular weight is 1030 g/mol. The third kappa shape index (κ3) is 5.35. The molecule has 18 rings (SSSR count). The number of para-hydroxylation sites is 3. The van der Waals surface area contributed by atoms with Crippen molar-refractivity contribution in [2.75, 3.05) is 4.90 Å². The second-order valence-corrected chi connectivity index (χ2v) is 23.1. The SMILES string of the molecule is C1=CC2Oc3ccccc3C3(c4ccccc4-c4c(N(c5ccc6c(c5)C5(c7ccccc7Oc7ccccc75)c5ccccc5-6)c5cccc6c5-c5ccccc5C65c6ccccc6Sc6ccccc65)cccc43)C2C=C1. The van der Waals surface area contributed by atoms with Crippen molar-refractivity contribution in [2.24, 2.45) is 5.92 Å². The number of benzene rings is 11. The minimum atomic E-state index is -0.668. The van der Waals surface area contributed by atoms with E-state index in [-0.39, 0.29) is 12.0 Å². The van der Waals surface area contributed by atoms with Crippen LogP contribution in [0.2, 0.25) is 0 Å². The third-order valence-electron chi connectivity index (χ3n) is 18.7. The number of fused-ring (bicyclic) bond motifs is 27. The largest absolute Gasteiger partial charge is 0.485 e. The van der Waals surface area contributed by atoms with Crippen molar-refractivity contribution in [1.82, 2.24) is 0 Å². The van der Waals surface area contributed by atoms with Crippen LogP contribution in [0.5, 0.6) is 17.2 Å². The zero-order valence-corrected chi connectivity index (χ0v) is 43.6. The van der Waals surface area contributed by atoms with Gasteiger partial charge < -0.3 is 14.4 Å². The van der Waals surface area contributed by atoms with Gasteiger partial charge in [0.25, 0.3) is 0 Å². The summed E-state index contributed by atoms with van der Waals surface area (Å²) in [6.45, 7) is 0. The summed E-state index contributed by atoms with van der Waals surface area (Å²) in [6, 6.07) is 93.6. The fourth-order valence-electron chi connectivity index (χ4n) is 15.9. The van der Waals surface area contributed by atoms with Crippen LogP contribution in [0.15, 0.2) is 283 Å². The summed E-state index contributed by atoms with van der Waals surface area (Å²) >= 11 is 1.89. The lowest BCUT2D eigenvalue weighted by Gasteiger charge is -2.47. The van der Waals surface area contributed by atoms with Gasteiger partial charge in [-0.15, -0.1) is 0 Å². The molecule has 3 atom stereocenters. The monoisotopic (exact) mass is 1030 g/mol. The highest BCUT2D eigenvalue weighted by Crippen LogP contribution is 2.68. The highest BCUT2D eigenvalue weighted by Gasteiger charge is 2.58. The van der Waals surface area contributed by atoms with Gasteiger partial charge in [0.1, 0.15) is 23.4 Å². The number of hydrogen-bond donors (Lipinski definition) is 0. The van der Waals surface area contributed by atoms with E-state index < -0.39 is 16.2 Å². The van der Waals surface area contributed by atoms with E-state index in [9.17, 15) is 0 Å². The lowest BCUT2D eigenvalue weighted by molar-refractivity contribution is 0.141. The first kappa shape index (κ1) is 43.7. The minimum absolute atomic E-state index is 0.00234. The molecule has 3 aliphatic heterocycles. The molecule has 0 aromatic heterocycles. The Balaban J connectivity index is 0.978. The second kappa shape index (κ2) is 15.9. The predicted molar refractivity (Wildman–Crippen MR) is 318 cm³/mol. The fourth-order valence-corrected chi connectivity index (χ4v) is 17.1. The summed E-state index contributed by atoms with van der Waals surface area (Å²) in [7, 11) is 0. The molecule has 0 radical (unpaired) electrons. The molecular weight excluding hydrogens is 979 g/mol. The summed E-state index contributed by atoms with van der Waals surface area (Å²) in [4.78, 5) is 5.22. The van der Waals surface area contributed by atoms with Crippen LogP contribution in [0.25, 0.3) is 33.4 Å². The molecule has 0 saturated heterocycles. The Kier molecular flexibility index (Phi) is 8.79. The van der Waals surface area contributed by atoms with E-state index in [2.05, 4.69) is 278 Å². The summed E-state index contributed by atoms with van der Waals surface area (Å²) in [6.07, 6.45) is 8.88. The predicted octanol–water partition coefficient (Wildman–Crippen LogP) is 18.3.